The third kappa shape index (κ3) is 5.30. The molecular weight excluding hydrogens is 272 g/mol. The first-order valence-electron chi connectivity index (χ1n) is 6.59. The Morgan fingerprint density at radius 2 is 1.80 bits per heavy atom. The maximum atomic E-state index is 13.1. The number of alkyl carbamates (subject to hydrolysis) is 1. The van der Waals surface area contributed by atoms with Gasteiger partial charge in [-0.2, -0.15) is 0 Å². The molecule has 7 heteroatoms. The minimum Gasteiger partial charge on any atom is -0.480 e. The topological polar surface area (TPSA) is 75.6 Å². The Morgan fingerprint density at radius 3 is 2.20 bits per heavy atom. The van der Waals surface area contributed by atoms with Gasteiger partial charge >= 0.3 is 12.1 Å². The second-order valence-corrected chi connectivity index (χ2v) is 6.14. The van der Waals surface area contributed by atoms with Crippen molar-refractivity contribution in [1.29, 1.82) is 0 Å². The zero-order valence-corrected chi connectivity index (χ0v) is 11.9. The molecule has 116 valence electrons. The van der Waals surface area contributed by atoms with Gasteiger partial charge in [-0.3, -0.25) is 0 Å². The predicted molar refractivity (Wildman–Crippen MR) is 67.9 cm³/mol. The van der Waals surface area contributed by atoms with Crippen LogP contribution in [-0.4, -0.2) is 41.2 Å². The van der Waals surface area contributed by atoms with Crippen LogP contribution in [0.15, 0.2) is 0 Å². The lowest BCUT2D eigenvalue weighted by atomic mass is 9.98. The summed E-state index contributed by atoms with van der Waals surface area (Å²) < 4.78 is 31.1. The van der Waals surface area contributed by atoms with E-state index >= 15 is 0 Å². The maximum absolute atomic E-state index is 13.1. The molecule has 1 saturated carbocycles. The number of amides is 1. The number of halogens is 2. The first-order valence-corrected chi connectivity index (χ1v) is 6.59. The van der Waals surface area contributed by atoms with Crippen molar-refractivity contribution in [3.8, 4) is 0 Å². The second-order valence-electron chi connectivity index (χ2n) is 6.14. The van der Waals surface area contributed by atoms with Crippen LogP contribution in [0.1, 0.15) is 40.0 Å². The van der Waals surface area contributed by atoms with Gasteiger partial charge in [-0.25, -0.2) is 18.4 Å². The SMILES string of the molecule is CC(C)(C)OC(=O)NC(CC1CC(F)C(F)C1)C(=O)O. The molecule has 20 heavy (non-hydrogen) atoms. The van der Waals surface area contributed by atoms with Gasteiger partial charge in [-0.1, -0.05) is 0 Å². The van der Waals surface area contributed by atoms with Crippen molar-refractivity contribution in [1.82, 2.24) is 5.32 Å². The van der Waals surface area contributed by atoms with E-state index in [1.807, 2.05) is 0 Å². The van der Waals surface area contributed by atoms with Crippen molar-refractivity contribution in [2.75, 3.05) is 0 Å². The lowest BCUT2D eigenvalue weighted by molar-refractivity contribution is -0.140. The van der Waals surface area contributed by atoms with Crippen LogP contribution in [0.25, 0.3) is 0 Å². The van der Waals surface area contributed by atoms with E-state index in [1.165, 1.54) is 0 Å². The number of hydrogen-bond acceptors (Lipinski definition) is 3. The third-order valence-corrected chi connectivity index (χ3v) is 3.07. The Labute approximate surface area is 116 Å². The van der Waals surface area contributed by atoms with Crippen LogP contribution in [0, 0.1) is 5.92 Å². The summed E-state index contributed by atoms with van der Waals surface area (Å²) in [5.74, 6) is -1.63. The molecule has 0 aromatic carbocycles. The van der Waals surface area contributed by atoms with E-state index in [0.29, 0.717) is 0 Å². The third-order valence-electron chi connectivity index (χ3n) is 3.07. The fraction of sp³-hybridized carbons (Fsp3) is 0.846. The normalized spacial score (nSPS) is 27.9. The highest BCUT2D eigenvalue weighted by Crippen LogP contribution is 2.33. The fourth-order valence-electron chi connectivity index (χ4n) is 2.23. The Balaban J connectivity index is 2.53. The minimum atomic E-state index is -1.55. The molecule has 2 N–H and O–H groups in total. The van der Waals surface area contributed by atoms with Crippen LogP contribution in [0.5, 0.6) is 0 Å². The summed E-state index contributed by atoms with van der Waals surface area (Å²) in [4.78, 5) is 22.6. The van der Waals surface area contributed by atoms with Crippen molar-refractivity contribution < 1.29 is 28.2 Å². The van der Waals surface area contributed by atoms with Crippen molar-refractivity contribution in [2.24, 2.45) is 5.92 Å². The monoisotopic (exact) mass is 293 g/mol. The number of ether oxygens (including phenoxy) is 1. The summed E-state index contributed by atoms with van der Waals surface area (Å²) in [7, 11) is 0. The lowest BCUT2D eigenvalue weighted by Crippen LogP contribution is -2.44. The molecule has 1 amide bonds. The standard InChI is InChI=1S/C13H21F2NO4/c1-13(2,3)20-12(19)16-10(11(17)18)6-7-4-8(14)9(15)5-7/h7-10H,4-6H2,1-3H3,(H,16,19)(H,17,18). The number of alkyl halides is 2. The number of hydrogen-bond donors (Lipinski definition) is 2. The molecule has 3 unspecified atom stereocenters. The van der Waals surface area contributed by atoms with Crippen LogP contribution in [-0.2, 0) is 9.53 Å². The summed E-state index contributed by atoms with van der Waals surface area (Å²) in [5, 5.41) is 11.3. The fourth-order valence-corrected chi connectivity index (χ4v) is 2.23. The average molecular weight is 293 g/mol. The number of rotatable bonds is 4. The van der Waals surface area contributed by atoms with E-state index in [0.717, 1.165) is 0 Å². The summed E-state index contributed by atoms with van der Waals surface area (Å²) >= 11 is 0. The number of carbonyl (C=O) groups is 2. The van der Waals surface area contributed by atoms with Gasteiger partial charge in [-0.05, 0) is 46.0 Å². The smallest absolute Gasteiger partial charge is 0.408 e. The summed E-state index contributed by atoms with van der Waals surface area (Å²) in [6.45, 7) is 4.96. The van der Waals surface area contributed by atoms with Crippen molar-refractivity contribution in [2.45, 2.75) is 64.0 Å². The van der Waals surface area contributed by atoms with Crippen LogP contribution < -0.4 is 5.32 Å². The number of carboxylic acid groups (broad SMARTS) is 1. The maximum Gasteiger partial charge on any atom is 0.408 e. The number of carbonyl (C=O) groups excluding carboxylic acids is 1. The Bertz CT molecular complexity index is 360. The van der Waals surface area contributed by atoms with Crippen LogP contribution in [0.2, 0.25) is 0 Å². The highest BCUT2D eigenvalue weighted by Gasteiger charge is 2.37. The highest BCUT2D eigenvalue weighted by molar-refractivity contribution is 5.80. The molecule has 5 nitrogen and oxygen atoms in total. The Kier molecular flexibility index (Phi) is 5.30. The second kappa shape index (κ2) is 6.37. The largest absolute Gasteiger partial charge is 0.480 e. The first-order chi connectivity index (χ1) is 9.08. The molecule has 0 aromatic heterocycles. The number of carboxylic acids is 1. The van der Waals surface area contributed by atoms with Crippen molar-refractivity contribution in [3.63, 3.8) is 0 Å². The average Bonchev–Trinajstić information content (AvgIpc) is 2.54. The molecule has 0 saturated heterocycles. The molecule has 0 heterocycles. The number of aliphatic carboxylic acids is 1. The van der Waals surface area contributed by atoms with E-state index < -0.39 is 42.0 Å². The zero-order valence-electron chi connectivity index (χ0n) is 11.9. The van der Waals surface area contributed by atoms with E-state index in [4.69, 9.17) is 9.84 Å². The molecular formula is C13H21F2NO4. The molecule has 3 atom stereocenters. The molecule has 1 aliphatic rings. The van der Waals surface area contributed by atoms with Crippen molar-refractivity contribution >= 4 is 12.1 Å². The van der Waals surface area contributed by atoms with Crippen LogP contribution in [0.3, 0.4) is 0 Å². The first kappa shape index (κ1) is 16.7. The summed E-state index contributed by atoms with van der Waals surface area (Å²) in [6.07, 6.45) is -3.97. The quantitative estimate of drug-likeness (QED) is 0.834. The molecule has 1 aliphatic carbocycles. The lowest BCUT2D eigenvalue weighted by Gasteiger charge is -2.23. The molecule has 0 aliphatic heterocycles. The zero-order chi connectivity index (χ0) is 15.5. The van der Waals surface area contributed by atoms with Gasteiger partial charge in [-0.15, -0.1) is 0 Å². The molecule has 1 rings (SSSR count). The van der Waals surface area contributed by atoms with E-state index in [1.54, 1.807) is 20.8 Å². The van der Waals surface area contributed by atoms with E-state index in [2.05, 4.69) is 5.32 Å². The summed E-state index contributed by atoms with van der Waals surface area (Å²) in [6, 6.07) is -1.20. The van der Waals surface area contributed by atoms with Crippen LogP contribution in [0.4, 0.5) is 13.6 Å². The van der Waals surface area contributed by atoms with E-state index in [-0.39, 0.29) is 19.3 Å². The van der Waals surface area contributed by atoms with Crippen LogP contribution >= 0.6 is 0 Å². The molecule has 0 bridgehead atoms. The summed E-state index contributed by atoms with van der Waals surface area (Å²) in [5.41, 5.74) is -0.742. The molecule has 0 aromatic rings. The minimum absolute atomic E-state index is 0.00455. The molecule has 1 fully saturated rings. The Hall–Kier alpha value is -1.40. The van der Waals surface area contributed by atoms with Gasteiger partial charge in [0.1, 0.15) is 24.0 Å². The van der Waals surface area contributed by atoms with Gasteiger partial charge in [0, 0.05) is 0 Å². The Morgan fingerprint density at radius 1 is 1.30 bits per heavy atom. The van der Waals surface area contributed by atoms with Gasteiger partial charge in [0.25, 0.3) is 0 Å². The van der Waals surface area contributed by atoms with Gasteiger partial charge in [0.05, 0.1) is 0 Å². The van der Waals surface area contributed by atoms with Gasteiger partial charge in [0.2, 0.25) is 0 Å². The van der Waals surface area contributed by atoms with Crippen molar-refractivity contribution in [3.05, 3.63) is 0 Å². The highest BCUT2D eigenvalue weighted by atomic mass is 19.2. The predicted octanol–water partition coefficient (Wildman–Crippen LogP) is 2.44. The van der Waals surface area contributed by atoms with Gasteiger partial charge < -0.3 is 15.2 Å². The van der Waals surface area contributed by atoms with E-state index in [9.17, 15) is 18.4 Å². The number of nitrogens with one attached hydrogen (secondary N) is 1. The molecule has 0 spiro atoms. The molecule has 0 radical (unpaired) electrons. The van der Waals surface area contributed by atoms with Gasteiger partial charge in [0.15, 0.2) is 0 Å².